The molecule has 12 nitrogen and oxygen atoms in total. The van der Waals surface area contributed by atoms with E-state index in [0.717, 1.165) is 55.5 Å². The van der Waals surface area contributed by atoms with Gasteiger partial charge >= 0.3 is 0 Å². The monoisotopic (exact) mass is 549 g/mol. The first-order valence-electron chi connectivity index (χ1n) is 14.0. The van der Waals surface area contributed by atoms with E-state index < -0.39 is 0 Å². The zero-order valence-corrected chi connectivity index (χ0v) is 22.5. The highest BCUT2D eigenvalue weighted by atomic mass is 16.5. The summed E-state index contributed by atoms with van der Waals surface area (Å²) in [7, 11) is 0. The van der Waals surface area contributed by atoms with Gasteiger partial charge in [-0.05, 0) is 37.8 Å². The van der Waals surface area contributed by atoms with Crippen LogP contribution in [0.3, 0.4) is 0 Å². The van der Waals surface area contributed by atoms with Crippen LogP contribution in [0, 0.1) is 0 Å². The summed E-state index contributed by atoms with van der Waals surface area (Å²) in [5.41, 5.74) is 0.888. The van der Waals surface area contributed by atoms with Crippen LogP contribution in [0.1, 0.15) is 25.7 Å². The van der Waals surface area contributed by atoms with Gasteiger partial charge in [0.05, 0.1) is 49.7 Å². The first kappa shape index (κ1) is 26.5. The SMILES string of the molecule is O=C(COc1cnc(N[C@H]2CC[C@@H](Oc3nc(N4CCOCC4)cc4ncccc34)CC2)nc1)N1CCOCC1. The number of nitrogens with one attached hydrogen (secondary N) is 1. The molecular weight excluding hydrogens is 514 g/mol. The molecule has 5 heterocycles. The fraction of sp³-hybridized carbons (Fsp3) is 0.536. The lowest BCUT2D eigenvalue weighted by molar-refractivity contribution is -0.137. The quantitative estimate of drug-likeness (QED) is 0.445. The van der Waals surface area contributed by atoms with Gasteiger partial charge in [0, 0.05) is 44.5 Å². The molecule has 40 heavy (non-hydrogen) atoms. The number of morpholine rings is 2. The molecule has 0 spiro atoms. The maximum Gasteiger partial charge on any atom is 0.260 e. The molecule has 0 unspecified atom stereocenters. The Morgan fingerprint density at radius 2 is 1.70 bits per heavy atom. The minimum Gasteiger partial charge on any atom is -0.481 e. The van der Waals surface area contributed by atoms with Gasteiger partial charge in [0.2, 0.25) is 11.8 Å². The largest absolute Gasteiger partial charge is 0.481 e. The van der Waals surface area contributed by atoms with Crippen LogP contribution in [0.4, 0.5) is 11.8 Å². The van der Waals surface area contributed by atoms with Gasteiger partial charge < -0.3 is 34.1 Å². The molecule has 0 atom stereocenters. The summed E-state index contributed by atoms with van der Waals surface area (Å²) in [5.74, 6) is 2.49. The lowest BCUT2D eigenvalue weighted by Gasteiger charge is -2.31. The van der Waals surface area contributed by atoms with E-state index >= 15 is 0 Å². The van der Waals surface area contributed by atoms with Crippen molar-refractivity contribution in [1.29, 1.82) is 0 Å². The minimum atomic E-state index is -0.0586. The Morgan fingerprint density at radius 3 is 2.45 bits per heavy atom. The summed E-state index contributed by atoms with van der Waals surface area (Å²) in [6, 6.07) is 6.22. The highest BCUT2D eigenvalue weighted by molar-refractivity contribution is 5.85. The molecular formula is C28H35N7O5. The van der Waals surface area contributed by atoms with Gasteiger partial charge in [0.15, 0.2) is 12.4 Å². The van der Waals surface area contributed by atoms with Crippen LogP contribution in [-0.4, -0.2) is 102 Å². The molecule has 0 radical (unpaired) electrons. The van der Waals surface area contributed by atoms with E-state index in [2.05, 4.69) is 25.2 Å². The molecule has 1 N–H and O–H groups in total. The molecule has 1 aliphatic carbocycles. The van der Waals surface area contributed by atoms with Crippen LogP contribution in [0.25, 0.3) is 10.9 Å². The Morgan fingerprint density at radius 1 is 0.975 bits per heavy atom. The van der Waals surface area contributed by atoms with Gasteiger partial charge in [-0.3, -0.25) is 9.78 Å². The summed E-state index contributed by atoms with van der Waals surface area (Å²) in [6.07, 6.45) is 8.74. The molecule has 1 saturated carbocycles. The smallest absolute Gasteiger partial charge is 0.260 e. The summed E-state index contributed by atoms with van der Waals surface area (Å²) >= 11 is 0. The second-order valence-electron chi connectivity index (χ2n) is 10.2. The van der Waals surface area contributed by atoms with Crippen LogP contribution in [0.2, 0.25) is 0 Å². The minimum absolute atomic E-state index is 0.0320. The molecule has 2 aliphatic heterocycles. The van der Waals surface area contributed by atoms with Gasteiger partial charge in [-0.15, -0.1) is 0 Å². The highest BCUT2D eigenvalue weighted by Crippen LogP contribution is 2.31. The number of anilines is 2. The molecule has 1 amide bonds. The normalized spacial score (nSPS) is 21.7. The number of carbonyl (C=O) groups is 1. The third kappa shape index (κ3) is 6.50. The van der Waals surface area contributed by atoms with Crippen molar-refractivity contribution < 1.29 is 23.7 Å². The number of amides is 1. The fourth-order valence-corrected chi connectivity index (χ4v) is 5.26. The van der Waals surface area contributed by atoms with Crippen molar-refractivity contribution in [1.82, 2.24) is 24.8 Å². The van der Waals surface area contributed by atoms with Gasteiger partial charge in [0.25, 0.3) is 5.91 Å². The number of hydrogen-bond acceptors (Lipinski definition) is 11. The zero-order chi connectivity index (χ0) is 27.1. The van der Waals surface area contributed by atoms with Crippen molar-refractivity contribution in [2.45, 2.75) is 37.8 Å². The van der Waals surface area contributed by atoms with Gasteiger partial charge in [-0.1, -0.05) is 0 Å². The Hall–Kier alpha value is -3.77. The Balaban J connectivity index is 1.00. The molecule has 12 heteroatoms. The van der Waals surface area contributed by atoms with Crippen LogP contribution in [0.15, 0.2) is 36.8 Å². The molecule has 2 saturated heterocycles. The molecule has 3 fully saturated rings. The predicted molar refractivity (Wildman–Crippen MR) is 148 cm³/mol. The van der Waals surface area contributed by atoms with E-state index in [-0.39, 0.29) is 24.7 Å². The van der Waals surface area contributed by atoms with E-state index in [1.807, 2.05) is 18.2 Å². The van der Waals surface area contributed by atoms with E-state index in [9.17, 15) is 4.79 Å². The molecule has 0 aromatic carbocycles. The molecule has 0 bridgehead atoms. The number of ether oxygens (including phenoxy) is 4. The third-order valence-corrected chi connectivity index (χ3v) is 7.53. The number of nitrogens with zero attached hydrogens (tertiary/aromatic N) is 6. The number of hydrogen-bond donors (Lipinski definition) is 1. The summed E-state index contributed by atoms with van der Waals surface area (Å²) in [5, 5.41) is 4.36. The first-order chi connectivity index (χ1) is 19.7. The molecule has 212 valence electrons. The summed E-state index contributed by atoms with van der Waals surface area (Å²) in [6.45, 7) is 5.31. The maximum absolute atomic E-state index is 12.3. The molecule has 3 aromatic rings. The van der Waals surface area contributed by atoms with Gasteiger partial charge in [0.1, 0.15) is 11.9 Å². The molecule has 3 aliphatic rings. The lowest BCUT2D eigenvalue weighted by atomic mass is 9.93. The topological polar surface area (TPSA) is 124 Å². The Labute approximate surface area is 233 Å². The van der Waals surface area contributed by atoms with Crippen LogP contribution < -0.4 is 19.7 Å². The Bertz CT molecular complexity index is 1270. The molecule has 3 aromatic heterocycles. The van der Waals surface area contributed by atoms with Crippen LogP contribution in [-0.2, 0) is 14.3 Å². The highest BCUT2D eigenvalue weighted by Gasteiger charge is 2.25. The van der Waals surface area contributed by atoms with E-state index in [0.29, 0.717) is 57.1 Å². The van der Waals surface area contributed by atoms with E-state index in [1.54, 1.807) is 23.5 Å². The number of rotatable bonds is 8. The van der Waals surface area contributed by atoms with E-state index in [4.69, 9.17) is 23.9 Å². The lowest BCUT2D eigenvalue weighted by Crippen LogP contribution is -2.43. The number of aromatic nitrogens is 4. The second-order valence-corrected chi connectivity index (χ2v) is 10.2. The molecule has 6 rings (SSSR count). The van der Waals surface area contributed by atoms with E-state index in [1.165, 1.54) is 0 Å². The number of carbonyl (C=O) groups excluding carboxylic acids is 1. The van der Waals surface area contributed by atoms with Crippen molar-refractivity contribution in [2.75, 3.05) is 69.4 Å². The summed E-state index contributed by atoms with van der Waals surface area (Å²) in [4.78, 5) is 34.5. The average molecular weight is 550 g/mol. The predicted octanol–water partition coefficient (Wildman–Crippen LogP) is 2.30. The van der Waals surface area contributed by atoms with Crippen molar-refractivity contribution >= 4 is 28.6 Å². The van der Waals surface area contributed by atoms with Gasteiger partial charge in [-0.25, -0.2) is 9.97 Å². The Kier molecular flexibility index (Phi) is 8.33. The second kappa shape index (κ2) is 12.6. The maximum atomic E-state index is 12.3. The third-order valence-electron chi connectivity index (χ3n) is 7.53. The van der Waals surface area contributed by atoms with Crippen molar-refractivity contribution in [3.05, 3.63) is 36.8 Å². The van der Waals surface area contributed by atoms with Crippen LogP contribution in [0.5, 0.6) is 11.6 Å². The number of pyridine rings is 2. The standard InChI is InChI=1S/C28H35N7O5/c36-26(35-10-14-38-15-11-35)19-39-22-17-30-28(31-18-22)32-20-3-5-21(6-4-20)40-27-23-2-1-7-29-24(23)16-25(33-27)34-8-12-37-13-9-34/h1-2,7,16-18,20-21H,3-6,8-15,19H2,(H,30,31,32)/t20-,21+. The first-order valence-corrected chi connectivity index (χ1v) is 14.0. The van der Waals surface area contributed by atoms with Crippen molar-refractivity contribution in [3.8, 4) is 11.6 Å². The summed E-state index contributed by atoms with van der Waals surface area (Å²) < 4.78 is 22.9. The fourth-order valence-electron chi connectivity index (χ4n) is 5.26. The van der Waals surface area contributed by atoms with Crippen LogP contribution >= 0.6 is 0 Å². The zero-order valence-electron chi connectivity index (χ0n) is 22.5. The average Bonchev–Trinajstić information content (AvgIpc) is 3.02. The van der Waals surface area contributed by atoms with Gasteiger partial charge in [-0.2, -0.15) is 4.98 Å². The van der Waals surface area contributed by atoms with Crippen molar-refractivity contribution in [3.63, 3.8) is 0 Å². The number of fused-ring (bicyclic) bond motifs is 1. The van der Waals surface area contributed by atoms with Crippen molar-refractivity contribution in [2.24, 2.45) is 0 Å².